The molecule has 0 radical (unpaired) electrons. The lowest BCUT2D eigenvalue weighted by Gasteiger charge is -2.31. The molecule has 2 aromatic rings. The lowest BCUT2D eigenvalue weighted by Crippen LogP contribution is -2.43. The van der Waals surface area contributed by atoms with Crippen LogP contribution in [0.3, 0.4) is 0 Å². The summed E-state index contributed by atoms with van der Waals surface area (Å²) in [4.78, 5) is 8.57. The van der Waals surface area contributed by atoms with E-state index in [4.69, 9.17) is 9.47 Å². The second-order valence-corrected chi connectivity index (χ2v) is 5.16. The summed E-state index contributed by atoms with van der Waals surface area (Å²) in [6, 6.07) is 2.24. The van der Waals surface area contributed by atoms with E-state index in [2.05, 4.69) is 15.3 Å². The highest BCUT2D eigenvalue weighted by atomic mass is 32.1. The van der Waals surface area contributed by atoms with Crippen molar-refractivity contribution in [3.8, 4) is 0 Å². The first-order chi connectivity index (χ1) is 8.88. The van der Waals surface area contributed by atoms with E-state index in [0.29, 0.717) is 6.61 Å². The summed E-state index contributed by atoms with van der Waals surface area (Å²) in [6.45, 7) is 1.39. The third kappa shape index (κ3) is 2.19. The van der Waals surface area contributed by atoms with Gasteiger partial charge in [0, 0.05) is 13.7 Å². The number of methoxy groups -OCH3 is 1. The Labute approximate surface area is 109 Å². The Hall–Kier alpha value is -1.24. The first kappa shape index (κ1) is 11.8. The van der Waals surface area contributed by atoms with Crippen LogP contribution in [0.4, 0.5) is 5.82 Å². The quantitative estimate of drug-likeness (QED) is 0.918. The third-order valence-electron chi connectivity index (χ3n) is 3.17. The van der Waals surface area contributed by atoms with Crippen LogP contribution in [0.1, 0.15) is 6.42 Å². The zero-order valence-electron chi connectivity index (χ0n) is 10.1. The van der Waals surface area contributed by atoms with Crippen molar-refractivity contribution in [2.75, 3.05) is 25.6 Å². The average Bonchev–Trinajstić information content (AvgIpc) is 2.89. The fourth-order valence-electron chi connectivity index (χ4n) is 2.18. The molecule has 0 unspecified atom stereocenters. The van der Waals surface area contributed by atoms with E-state index < -0.39 is 0 Å². The molecule has 3 heterocycles. The van der Waals surface area contributed by atoms with Gasteiger partial charge in [0.25, 0.3) is 0 Å². The van der Waals surface area contributed by atoms with E-state index in [-0.39, 0.29) is 12.1 Å². The van der Waals surface area contributed by atoms with Gasteiger partial charge in [0.15, 0.2) is 0 Å². The van der Waals surface area contributed by atoms with Crippen molar-refractivity contribution in [3.05, 3.63) is 17.8 Å². The van der Waals surface area contributed by atoms with Crippen LogP contribution in [0.15, 0.2) is 17.8 Å². The van der Waals surface area contributed by atoms with Crippen LogP contribution in [-0.4, -0.2) is 42.4 Å². The molecule has 0 saturated carbocycles. The molecule has 18 heavy (non-hydrogen) atoms. The molecular formula is C12H15N3O2S. The zero-order chi connectivity index (χ0) is 12.4. The predicted octanol–water partition coefficient (Wildman–Crippen LogP) is 1.91. The summed E-state index contributed by atoms with van der Waals surface area (Å²) in [7, 11) is 1.72. The first-order valence-electron chi connectivity index (χ1n) is 5.94. The van der Waals surface area contributed by atoms with E-state index in [1.165, 1.54) is 0 Å². The normalized spacial score (nSPS) is 24.3. The van der Waals surface area contributed by atoms with E-state index in [9.17, 15) is 0 Å². The Morgan fingerprint density at radius 1 is 1.50 bits per heavy atom. The van der Waals surface area contributed by atoms with Crippen LogP contribution >= 0.6 is 11.3 Å². The van der Waals surface area contributed by atoms with Crippen molar-refractivity contribution in [3.63, 3.8) is 0 Å². The van der Waals surface area contributed by atoms with Gasteiger partial charge < -0.3 is 14.8 Å². The SMILES string of the molecule is CO[C@@H]1COCC[C@H]1Nc1ncnc2ccsc12. The van der Waals surface area contributed by atoms with Gasteiger partial charge in [-0.2, -0.15) is 0 Å². The molecule has 1 N–H and O–H groups in total. The molecule has 1 aliphatic heterocycles. The highest BCUT2D eigenvalue weighted by Crippen LogP contribution is 2.26. The van der Waals surface area contributed by atoms with Crippen molar-refractivity contribution in [1.29, 1.82) is 0 Å². The van der Waals surface area contributed by atoms with Gasteiger partial charge >= 0.3 is 0 Å². The lowest BCUT2D eigenvalue weighted by atomic mass is 10.1. The Bertz CT molecular complexity index is 531. The summed E-state index contributed by atoms with van der Waals surface area (Å²) in [5.74, 6) is 0.893. The van der Waals surface area contributed by atoms with Gasteiger partial charge in [-0.15, -0.1) is 11.3 Å². The summed E-state index contributed by atoms with van der Waals surface area (Å²) >= 11 is 1.65. The zero-order valence-corrected chi connectivity index (χ0v) is 10.9. The number of hydrogen-bond acceptors (Lipinski definition) is 6. The van der Waals surface area contributed by atoms with Gasteiger partial charge in [0.05, 0.1) is 22.9 Å². The number of aromatic nitrogens is 2. The monoisotopic (exact) mass is 265 g/mol. The molecule has 6 heteroatoms. The maximum Gasteiger partial charge on any atom is 0.147 e. The topological polar surface area (TPSA) is 56.3 Å². The minimum absolute atomic E-state index is 0.0729. The van der Waals surface area contributed by atoms with Gasteiger partial charge in [-0.1, -0.05) is 0 Å². The molecule has 0 amide bonds. The molecule has 1 fully saturated rings. The lowest BCUT2D eigenvalue weighted by molar-refractivity contribution is -0.0366. The standard InChI is InChI=1S/C12H15N3O2S/c1-16-10-6-17-4-2-8(10)15-12-11-9(3-5-18-11)13-7-14-12/h3,5,7-8,10H,2,4,6H2,1H3,(H,13,14,15)/t8-,10-/m1/s1. The van der Waals surface area contributed by atoms with Crippen LogP contribution in [0, 0.1) is 0 Å². The van der Waals surface area contributed by atoms with Gasteiger partial charge in [-0.3, -0.25) is 0 Å². The molecule has 0 aromatic carbocycles. The molecule has 1 aliphatic rings. The van der Waals surface area contributed by atoms with Crippen LogP contribution in [0.2, 0.25) is 0 Å². The van der Waals surface area contributed by atoms with E-state index in [0.717, 1.165) is 29.1 Å². The molecular weight excluding hydrogens is 250 g/mol. The number of nitrogens with zero attached hydrogens (tertiary/aromatic N) is 2. The van der Waals surface area contributed by atoms with Crippen LogP contribution < -0.4 is 5.32 Å². The van der Waals surface area contributed by atoms with E-state index >= 15 is 0 Å². The second-order valence-electron chi connectivity index (χ2n) is 4.25. The highest BCUT2D eigenvalue weighted by molar-refractivity contribution is 7.17. The predicted molar refractivity (Wildman–Crippen MR) is 71.1 cm³/mol. The number of fused-ring (bicyclic) bond motifs is 1. The summed E-state index contributed by atoms with van der Waals surface area (Å²) < 4.78 is 12.0. The number of hydrogen-bond donors (Lipinski definition) is 1. The average molecular weight is 265 g/mol. The maximum atomic E-state index is 5.44. The van der Waals surface area contributed by atoms with Gasteiger partial charge in [-0.25, -0.2) is 9.97 Å². The molecule has 2 aromatic heterocycles. The van der Waals surface area contributed by atoms with Crippen molar-refractivity contribution >= 4 is 27.4 Å². The molecule has 2 atom stereocenters. The minimum Gasteiger partial charge on any atom is -0.379 e. The fourth-order valence-corrected chi connectivity index (χ4v) is 2.97. The number of ether oxygens (including phenoxy) is 2. The Morgan fingerprint density at radius 2 is 2.44 bits per heavy atom. The van der Waals surface area contributed by atoms with Crippen LogP contribution in [0.25, 0.3) is 10.2 Å². The summed E-state index contributed by atoms with van der Waals surface area (Å²) in [5.41, 5.74) is 0.985. The summed E-state index contributed by atoms with van der Waals surface area (Å²) in [6.07, 6.45) is 2.59. The van der Waals surface area contributed by atoms with Gasteiger partial charge in [0.2, 0.25) is 0 Å². The number of thiophene rings is 1. The van der Waals surface area contributed by atoms with Crippen molar-refractivity contribution in [2.45, 2.75) is 18.6 Å². The molecule has 0 spiro atoms. The van der Waals surface area contributed by atoms with Crippen molar-refractivity contribution < 1.29 is 9.47 Å². The van der Waals surface area contributed by atoms with Crippen LogP contribution in [-0.2, 0) is 9.47 Å². The van der Waals surface area contributed by atoms with E-state index in [1.54, 1.807) is 24.8 Å². The molecule has 5 nitrogen and oxygen atoms in total. The summed E-state index contributed by atoms with van der Waals surface area (Å²) in [5, 5.41) is 5.50. The largest absolute Gasteiger partial charge is 0.379 e. The molecule has 3 rings (SSSR count). The Kier molecular flexibility index (Phi) is 3.40. The minimum atomic E-state index is 0.0729. The molecule has 0 aliphatic carbocycles. The Morgan fingerprint density at radius 3 is 3.33 bits per heavy atom. The smallest absolute Gasteiger partial charge is 0.147 e. The number of nitrogens with one attached hydrogen (secondary N) is 1. The molecule has 0 bridgehead atoms. The first-order valence-corrected chi connectivity index (χ1v) is 6.81. The van der Waals surface area contributed by atoms with Crippen molar-refractivity contribution in [2.24, 2.45) is 0 Å². The van der Waals surface area contributed by atoms with Crippen LogP contribution in [0.5, 0.6) is 0 Å². The highest BCUT2D eigenvalue weighted by Gasteiger charge is 2.26. The molecule has 96 valence electrons. The van der Waals surface area contributed by atoms with Gasteiger partial charge in [0.1, 0.15) is 18.2 Å². The molecule has 1 saturated heterocycles. The maximum absolute atomic E-state index is 5.44. The van der Waals surface area contributed by atoms with Crippen molar-refractivity contribution in [1.82, 2.24) is 9.97 Å². The number of rotatable bonds is 3. The Balaban J connectivity index is 1.84. The fraction of sp³-hybridized carbons (Fsp3) is 0.500. The third-order valence-corrected chi connectivity index (χ3v) is 4.08. The second kappa shape index (κ2) is 5.17. The van der Waals surface area contributed by atoms with Gasteiger partial charge in [-0.05, 0) is 17.9 Å². The van der Waals surface area contributed by atoms with E-state index in [1.807, 2.05) is 11.4 Å². The number of anilines is 1.